The number of alkyl carbamates (subject to hydrolysis) is 1. The number of methoxy groups -OCH3 is 2. The fraction of sp³-hybridized carbons (Fsp3) is 0.250. The van der Waals surface area contributed by atoms with E-state index < -0.39 is 18.2 Å². The number of aryl methyl sites for hydroxylation is 2. The molecule has 2 heterocycles. The third-order valence-corrected chi connectivity index (χ3v) is 9.13. The standard InChI is InChI=1S/C40H40N6O3.C4H9NO.C2H5NO2.C2H2/c1-3-24-46(39(47)38(45-40(48)49-2)33-12-8-5-9-13-33)27-37-42-26-35(44-37)32-21-17-30(18-22-32)29-15-19-31(20-16-29)34-25-41-36(43-34)23-14-28-10-6-4-7-11-28;1-2-3-5-4-6;1-5-2(3)4;1-2/h4-13,15-22,25-26,38H,3,14,23-24,27H2,1-2H3,(H,41,43)(H,42,44)(H,45,48);4H,2-3H2,1H3,(H,5,6);1H3,(H2,3,4);1-2H/t38-;;;/m1.../s1. The molecule has 2 aromatic heterocycles. The SMILES string of the molecule is C#C.CCCN(Cc1ncc(-c2ccc(-c3ccc(-c4cnc(CCc5ccccc5)[nH]4)cc3)cc2)[nH]1)C(=O)[C@H](NC(=O)OC)c1ccccc1.CCCNC=O.COC(N)=O. The van der Waals surface area contributed by atoms with Crippen LogP contribution in [0.4, 0.5) is 9.59 Å². The van der Waals surface area contributed by atoms with Gasteiger partial charge in [0, 0.05) is 19.5 Å². The number of ether oxygens (including phenoxy) is 2. The van der Waals surface area contributed by atoms with Gasteiger partial charge in [-0.25, -0.2) is 19.6 Å². The van der Waals surface area contributed by atoms with E-state index in [0.717, 1.165) is 71.7 Å². The number of rotatable bonds is 16. The smallest absolute Gasteiger partial charge is 0.407 e. The fourth-order valence-electron chi connectivity index (χ4n) is 6.03. The number of hydrogen-bond donors (Lipinski definition) is 5. The van der Waals surface area contributed by atoms with Crippen molar-refractivity contribution in [2.45, 2.75) is 52.1 Å². The van der Waals surface area contributed by atoms with E-state index in [0.29, 0.717) is 24.3 Å². The molecule has 0 aliphatic carbocycles. The van der Waals surface area contributed by atoms with Gasteiger partial charge in [-0.05, 0) is 52.6 Å². The molecule has 0 aliphatic heterocycles. The minimum absolute atomic E-state index is 0.234. The molecule has 324 valence electrons. The quantitative estimate of drug-likeness (QED) is 0.0369. The normalized spacial score (nSPS) is 10.4. The molecule has 0 unspecified atom stereocenters. The first kappa shape index (κ1) is 48.7. The van der Waals surface area contributed by atoms with Crippen LogP contribution in [0.3, 0.4) is 0 Å². The Morgan fingerprint density at radius 1 is 0.726 bits per heavy atom. The van der Waals surface area contributed by atoms with Gasteiger partial charge in [0.25, 0.3) is 0 Å². The molecule has 0 spiro atoms. The van der Waals surface area contributed by atoms with E-state index in [1.54, 1.807) is 11.1 Å². The minimum Gasteiger partial charge on any atom is -0.453 e. The first-order valence-corrected chi connectivity index (χ1v) is 20.0. The van der Waals surface area contributed by atoms with Crippen LogP contribution in [0.15, 0.2) is 122 Å². The monoisotopic (exact) mass is 840 g/mol. The molecule has 0 saturated heterocycles. The van der Waals surface area contributed by atoms with Gasteiger partial charge in [0.15, 0.2) is 0 Å². The Morgan fingerprint density at radius 3 is 1.69 bits per heavy atom. The average molecular weight is 841 g/mol. The van der Waals surface area contributed by atoms with Crippen LogP contribution in [-0.2, 0) is 38.4 Å². The number of amides is 4. The van der Waals surface area contributed by atoms with Crippen molar-refractivity contribution >= 4 is 24.5 Å². The van der Waals surface area contributed by atoms with Crippen molar-refractivity contribution < 1.29 is 28.7 Å². The summed E-state index contributed by atoms with van der Waals surface area (Å²) in [6, 6.07) is 35.5. The number of H-pyrrole nitrogens is 2. The molecule has 0 fully saturated rings. The number of nitrogens with one attached hydrogen (secondary N) is 4. The van der Waals surface area contributed by atoms with Crippen LogP contribution < -0.4 is 16.4 Å². The van der Waals surface area contributed by atoms with E-state index in [1.807, 2.05) is 56.4 Å². The van der Waals surface area contributed by atoms with Crippen molar-refractivity contribution in [1.29, 1.82) is 0 Å². The number of carbonyl (C=O) groups excluding carboxylic acids is 4. The third-order valence-electron chi connectivity index (χ3n) is 9.13. The van der Waals surface area contributed by atoms with Crippen molar-refractivity contribution in [2.24, 2.45) is 5.73 Å². The molecule has 6 aromatic rings. The molecule has 14 nitrogen and oxygen atoms in total. The molecule has 6 N–H and O–H groups in total. The number of aromatic amines is 2. The molecule has 0 aliphatic rings. The second-order valence-corrected chi connectivity index (χ2v) is 13.5. The number of hydrogen-bond acceptors (Lipinski definition) is 8. The third kappa shape index (κ3) is 15.8. The van der Waals surface area contributed by atoms with E-state index in [2.05, 4.69) is 127 Å². The number of nitrogens with two attached hydrogens (primary N) is 1. The highest BCUT2D eigenvalue weighted by Gasteiger charge is 2.28. The first-order valence-electron chi connectivity index (χ1n) is 20.0. The van der Waals surface area contributed by atoms with Crippen LogP contribution in [0.5, 0.6) is 0 Å². The maximum atomic E-state index is 13.7. The van der Waals surface area contributed by atoms with Crippen LogP contribution in [0.25, 0.3) is 33.6 Å². The lowest BCUT2D eigenvalue weighted by atomic mass is 10.0. The van der Waals surface area contributed by atoms with E-state index >= 15 is 0 Å². The molecule has 4 aromatic carbocycles. The maximum Gasteiger partial charge on any atom is 0.407 e. The van der Waals surface area contributed by atoms with Crippen LogP contribution in [0, 0.1) is 12.8 Å². The first-order chi connectivity index (χ1) is 30.2. The molecular formula is C48H56N8O6. The van der Waals surface area contributed by atoms with E-state index in [-0.39, 0.29) is 12.5 Å². The summed E-state index contributed by atoms with van der Waals surface area (Å²) in [6.45, 7) is 5.59. The largest absolute Gasteiger partial charge is 0.453 e. The van der Waals surface area contributed by atoms with Gasteiger partial charge in [-0.3, -0.25) is 9.59 Å². The molecular weight excluding hydrogens is 785 g/mol. The Balaban J connectivity index is 0.000000693. The van der Waals surface area contributed by atoms with E-state index in [1.165, 1.54) is 19.8 Å². The van der Waals surface area contributed by atoms with Gasteiger partial charge < -0.3 is 40.7 Å². The zero-order valence-corrected chi connectivity index (χ0v) is 35.7. The summed E-state index contributed by atoms with van der Waals surface area (Å²) in [5.41, 5.74) is 12.6. The Bertz CT molecular complexity index is 2240. The second-order valence-electron chi connectivity index (χ2n) is 13.5. The second kappa shape index (κ2) is 27.2. The molecule has 6 rings (SSSR count). The molecule has 62 heavy (non-hydrogen) atoms. The lowest BCUT2D eigenvalue weighted by Gasteiger charge is -2.27. The predicted molar refractivity (Wildman–Crippen MR) is 242 cm³/mol. The number of primary amides is 1. The van der Waals surface area contributed by atoms with Gasteiger partial charge in [0.2, 0.25) is 12.3 Å². The van der Waals surface area contributed by atoms with Gasteiger partial charge in [-0.15, -0.1) is 12.8 Å². The number of terminal acetylenes is 1. The van der Waals surface area contributed by atoms with Crippen molar-refractivity contribution in [3.05, 3.63) is 144 Å². The topological polar surface area (TPSA) is 197 Å². The number of carbonyl (C=O) groups is 4. The van der Waals surface area contributed by atoms with Crippen LogP contribution in [-0.4, -0.2) is 76.6 Å². The van der Waals surface area contributed by atoms with Gasteiger partial charge in [-0.1, -0.05) is 123 Å². The van der Waals surface area contributed by atoms with Gasteiger partial charge in [0.1, 0.15) is 17.7 Å². The molecule has 1 atom stereocenters. The molecule has 0 saturated carbocycles. The Kier molecular flexibility index (Phi) is 21.3. The molecule has 4 amide bonds. The number of benzene rings is 4. The van der Waals surface area contributed by atoms with E-state index in [9.17, 15) is 19.2 Å². The van der Waals surface area contributed by atoms with Crippen molar-refractivity contribution in [3.8, 4) is 46.5 Å². The zero-order valence-electron chi connectivity index (χ0n) is 35.7. The van der Waals surface area contributed by atoms with Crippen LogP contribution >= 0.6 is 0 Å². The fourth-order valence-corrected chi connectivity index (χ4v) is 6.03. The molecule has 0 bridgehead atoms. The Hall–Kier alpha value is -7.66. The average Bonchev–Trinajstić information content (AvgIpc) is 4.01. The van der Waals surface area contributed by atoms with Crippen molar-refractivity contribution in [3.63, 3.8) is 0 Å². The summed E-state index contributed by atoms with van der Waals surface area (Å²) in [4.78, 5) is 62.4. The lowest BCUT2D eigenvalue weighted by Crippen LogP contribution is -2.43. The van der Waals surface area contributed by atoms with Crippen molar-refractivity contribution in [1.82, 2.24) is 35.5 Å². The maximum absolute atomic E-state index is 13.7. The van der Waals surface area contributed by atoms with Crippen molar-refractivity contribution in [2.75, 3.05) is 27.3 Å². The van der Waals surface area contributed by atoms with Gasteiger partial charge >= 0.3 is 12.2 Å². The summed E-state index contributed by atoms with van der Waals surface area (Å²) in [5.74, 6) is 1.41. The van der Waals surface area contributed by atoms with E-state index in [4.69, 9.17) is 4.74 Å². The van der Waals surface area contributed by atoms with Gasteiger partial charge in [-0.2, -0.15) is 0 Å². The highest BCUT2D eigenvalue weighted by atomic mass is 16.5. The summed E-state index contributed by atoms with van der Waals surface area (Å²) in [7, 11) is 2.51. The Morgan fingerprint density at radius 2 is 1.23 bits per heavy atom. The Labute approximate surface area is 363 Å². The van der Waals surface area contributed by atoms with Gasteiger partial charge in [0.05, 0.1) is 44.5 Å². The summed E-state index contributed by atoms with van der Waals surface area (Å²) in [5, 5.41) is 5.21. The highest BCUT2D eigenvalue weighted by molar-refractivity contribution is 5.87. The lowest BCUT2D eigenvalue weighted by molar-refractivity contribution is -0.134. The highest BCUT2D eigenvalue weighted by Crippen LogP contribution is 2.27. The summed E-state index contributed by atoms with van der Waals surface area (Å²) >= 11 is 0. The number of aromatic nitrogens is 4. The minimum atomic E-state index is -0.877. The molecule has 14 heteroatoms. The number of imidazole rings is 2. The molecule has 0 radical (unpaired) electrons. The summed E-state index contributed by atoms with van der Waals surface area (Å²) in [6.07, 6.45) is 14.6. The summed E-state index contributed by atoms with van der Waals surface area (Å²) < 4.78 is 8.69. The number of nitrogens with zero attached hydrogens (tertiary/aromatic N) is 3. The van der Waals surface area contributed by atoms with Crippen LogP contribution in [0.1, 0.15) is 55.5 Å². The van der Waals surface area contributed by atoms with Crippen LogP contribution in [0.2, 0.25) is 0 Å². The predicted octanol–water partition coefficient (Wildman–Crippen LogP) is 7.86. The zero-order chi connectivity index (χ0) is 45.1.